The standard InChI is InChI=1S/C6H10N4/c1-10-3-2-5-6(4-10)8-9-7-5/h2-4H2,1H3,(H,7,8,9). The van der Waals surface area contributed by atoms with Gasteiger partial charge in [0.15, 0.2) is 0 Å². The minimum atomic E-state index is 0.936. The van der Waals surface area contributed by atoms with Crippen molar-refractivity contribution in [2.75, 3.05) is 13.6 Å². The molecule has 10 heavy (non-hydrogen) atoms. The van der Waals surface area contributed by atoms with Crippen molar-refractivity contribution in [3.8, 4) is 0 Å². The van der Waals surface area contributed by atoms with E-state index in [9.17, 15) is 0 Å². The predicted octanol–water partition coefficient (Wildman–Crippen LogP) is -0.207. The Hall–Kier alpha value is -0.900. The lowest BCUT2D eigenvalue weighted by atomic mass is 10.2. The number of aromatic amines is 1. The summed E-state index contributed by atoms with van der Waals surface area (Å²) in [7, 11) is 2.09. The molecule has 0 spiro atoms. The maximum atomic E-state index is 3.96. The summed E-state index contributed by atoms with van der Waals surface area (Å²) in [5.74, 6) is 0. The summed E-state index contributed by atoms with van der Waals surface area (Å²) >= 11 is 0. The molecule has 4 nitrogen and oxygen atoms in total. The topological polar surface area (TPSA) is 44.8 Å². The van der Waals surface area contributed by atoms with Crippen LogP contribution in [-0.2, 0) is 13.0 Å². The Labute approximate surface area is 59.2 Å². The van der Waals surface area contributed by atoms with E-state index in [-0.39, 0.29) is 0 Å². The van der Waals surface area contributed by atoms with Crippen LogP contribution in [-0.4, -0.2) is 33.9 Å². The smallest absolute Gasteiger partial charge is 0.0996 e. The number of fused-ring (bicyclic) bond motifs is 1. The second-order valence-corrected chi connectivity index (χ2v) is 2.72. The first-order chi connectivity index (χ1) is 4.86. The molecule has 0 aliphatic carbocycles. The zero-order valence-corrected chi connectivity index (χ0v) is 5.96. The molecule has 0 atom stereocenters. The summed E-state index contributed by atoms with van der Waals surface area (Å²) in [6.45, 7) is 2.04. The minimum absolute atomic E-state index is 0.936. The van der Waals surface area contributed by atoms with Crippen LogP contribution in [0.1, 0.15) is 11.4 Å². The highest BCUT2D eigenvalue weighted by molar-refractivity contribution is 5.11. The molecule has 1 aromatic heterocycles. The molecule has 1 N–H and O–H groups in total. The van der Waals surface area contributed by atoms with Crippen molar-refractivity contribution >= 4 is 0 Å². The lowest BCUT2D eigenvalue weighted by Crippen LogP contribution is -2.26. The lowest BCUT2D eigenvalue weighted by Gasteiger charge is -2.19. The van der Waals surface area contributed by atoms with E-state index < -0.39 is 0 Å². The van der Waals surface area contributed by atoms with Gasteiger partial charge in [0.25, 0.3) is 0 Å². The van der Waals surface area contributed by atoms with Gasteiger partial charge in [0.2, 0.25) is 0 Å². The molecule has 0 unspecified atom stereocenters. The molecule has 0 fully saturated rings. The number of hydrogen-bond donors (Lipinski definition) is 1. The van der Waals surface area contributed by atoms with E-state index in [1.165, 1.54) is 5.69 Å². The molecule has 4 heteroatoms. The Morgan fingerprint density at radius 1 is 1.60 bits per heavy atom. The molecule has 54 valence electrons. The molecule has 0 saturated carbocycles. The molecular formula is C6H10N4. The summed E-state index contributed by atoms with van der Waals surface area (Å²) in [6, 6.07) is 0. The van der Waals surface area contributed by atoms with Gasteiger partial charge in [0, 0.05) is 19.5 Å². The lowest BCUT2D eigenvalue weighted by molar-refractivity contribution is 0.307. The molecule has 0 bridgehead atoms. The van der Waals surface area contributed by atoms with E-state index in [1.54, 1.807) is 0 Å². The van der Waals surface area contributed by atoms with Gasteiger partial charge in [-0.3, -0.25) is 5.10 Å². The van der Waals surface area contributed by atoms with Crippen molar-refractivity contribution in [2.24, 2.45) is 0 Å². The van der Waals surface area contributed by atoms with Gasteiger partial charge in [-0.15, -0.1) is 5.10 Å². The molecular weight excluding hydrogens is 128 g/mol. The Bertz CT molecular complexity index is 229. The quantitative estimate of drug-likeness (QED) is 0.539. The Kier molecular flexibility index (Phi) is 1.20. The van der Waals surface area contributed by atoms with Crippen molar-refractivity contribution in [1.29, 1.82) is 0 Å². The molecule has 1 aromatic rings. The average molecular weight is 138 g/mol. The fourth-order valence-electron chi connectivity index (χ4n) is 1.24. The summed E-state index contributed by atoms with van der Waals surface area (Å²) in [6.07, 6.45) is 1.05. The highest BCUT2D eigenvalue weighted by Crippen LogP contribution is 2.10. The van der Waals surface area contributed by atoms with Gasteiger partial charge in [-0.2, -0.15) is 0 Å². The van der Waals surface area contributed by atoms with Crippen molar-refractivity contribution in [2.45, 2.75) is 13.0 Å². The largest absolute Gasteiger partial charge is 0.300 e. The predicted molar refractivity (Wildman–Crippen MR) is 36.4 cm³/mol. The fraction of sp³-hybridized carbons (Fsp3) is 0.667. The van der Waals surface area contributed by atoms with Gasteiger partial charge in [-0.1, -0.05) is 5.21 Å². The first-order valence-corrected chi connectivity index (χ1v) is 3.43. The van der Waals surface area contributed by atoms with Crippen molar-refractivity contribution in [1.82, 2.24) is 20.3 Å². The zero-order chi connectivity index (χ0) is 6.97. The Balaban J connectivity index is 2.30. The number of nitrogens with one attached hydrogen (secondary N) is 1. The van der Waals surface area contributed by atoms with Crippen LogP contribution in [0.5, 0.6) is 0 Å². The van der Waals surface area contributed by atoms with Gasteiger partial charge in [0.05, 0.1) is 11.4 Å². The van der Waals surface area contributed by atoms with Crippen LogP contribution in [0.15, 0.2) is 0 Å². The number of H-pyrrole nitrogens is 1. The maximum absolute atomic E-state index is 3.96. The van der Waals surface area contributed by atoms with Crippen LogP contribution >= 0.6 is 0 Å². The monoisotopic (exact) mass is 138 g/mol. The highest BCUT2D eigenvalue weighted by Gasteiger charge is 2.15. The first-order valence-electron chi connectivity index (χ1n) is 3.43. The molecule has 0 radical (unpaired) electrons. The summed E-state index contributed by atoms with van der Waals surface area (Å²) in [4.78, 5) is 2.24. The minimum Gasteiger partial charge on any atom is -0.300 e. The number of likely N-dealkylation sites (N-methyl/N-ethyl adjacent to an activating group) is 1. The van der Waals surface area contributed by atoms with Crippen LogP contribution in [0.2, 0.25) is 0 Å². The van der Waals surface area contributed by atoms with Gasteiger partial charge in [-0.05, 0) is 7.05 Å². The van der Waals surface area contributed by atoms with Gasteiger partial charge in [-0.25, -0.2) is 0 Å². The molecule has 0 saturated heterocycles. The third kappa shape index (κ3) is 0.806. The fourth-order valence-corrected chi connectivity index (χ4v) is 1.24. The van der Waals surface area contributed by atoms with Crippen LogP contribution in [0.3, 0.4) is 0 Å². The van der Waals surface area contributed by atoms with Crippen LogP contribution in [0, 0.1) is 0 Å². The Morgan fingerprint density at radius 3 is 3.40 bits per heavy atom. The van der Waals surface area contributed by atoms with Gasteiger partial charge < -0.3 is 4.90 Å². The maximum Gasteiger partial charge on any atom is 0.0996 e. The SMILES string of the molecule is CN1CCc2[nH]nnc2C1. The van der Waals surface area contributed by atoms with Gasteiger partial charge in [0.1, 0.15) is 0 Å². The van der Waals surface area contributed by atoms with E-state index >= 15 is 0 Å². The van der Waals surface area contributed by atoms with E-state index in [0.29, 0.717) is 0 Å². The van der Waals surface area contributed by atoms with Crippen LogP contribution < -0.4 is 0 Å². The van der Waals surface area contributed by atoms with E-state index in [4.69, 9.17) is 0 Å². The summed E-state index contributed by atoms with van der Waals surface area (Å²) in [5, 5.41) is 10.6. The number of rotatable bonds is 0. The first kappa shape index (κ1) is 5.85. The Morgan fingerprint density at radius 2 is 2.50 bits per heavy atom. The van der Waals surface area contributed by atoms with Crippen LogP contribution in [0.25, 0.3) is 0 Å². The highest BCUT2D eigenvalue weighted by atomic mass is 15.3. The summed E-state index contributed by atoms with van der Waals surface area (Å²) < 4.78 is 0. The van der Waals surface area contributed by atoms with Crippen molar-refractivity contribution in [3.05, 3.63) is 11.4 Å². The van der Waals surface area contributed by atoms with E-state index in [1.807, 2.05) is 0 Å². The second kappa shape index (κ2) is 2.05. The number of hydrogen-bond acceptors (Lipinski definition) is 3. The third-order valence-corrected chi connectivity index (χ3v) is 1.87. The van der Waals surface area contributed by atoms with Crippen molar-refractivity contribution < 1.29 is 0 Å². The molecule has 0 aromatic carbocycles. The van der Waals surface area contributed by atoms with E-state index in [0.717, 1.165) is 25.2 Å². The van der Waals surface area contributed by atoms with Crippen molar-refractivity contribution in [3.63, 3.8) is 0 Å². The van der Waals surface area contributed by atoms with Gasteiger partial charge >= 0.3 is 0 Å². The number of aromatic nitrogens is 3. The third-order valence-electron chi connectivity index (χ3n) is 1.87. The van der Waals surface area contributed by atoms with E-state index in [2.05, 4.69) is 27.4 Å². The normalized spacial score (nSPS) is 18.9. The summed E-state index contributed by atoms with van der Waals surface area (Å²) in [5.41, 5.74) is 2.31. The molecule has 2 rings (SSSR count). The molecule has 2 heterocycles. The molecule has 1 aliphatic rings. The average Bonchev–Trinajstić information content (AvgIpc) is 2.33. The zero-order valence-electron chi connectivity index (χ0n) is 5.96. The molecule has 0 amide bonds. The molecule has 1 aliphatic heterocycles. The van der Waals surface area contributed by atoms with Crippen LogP contribution in [0.4, 0.5) is 0 Å². The second-order valence-electron chi connectivity index (χ2n) is 2.72. The number of nitrogens with zero attached hydrogens (tertiary/aromatic N) is 3.